The van der Waals surface area contributed by atoms with Crippen LogP contribution in [0.15, 0.2) is 0 Å². The standard InChI is InChI=1S/C19H34N2O6/c1-11(2)15(18(24)25-7)21-17(23)13(10-26-12(3)22)16-14(8-9-20-16)27-19(4,5)6/h11,13-16,20H,8-10H2,1-7H3,(H,21,23)/t13-,14+,15+,16-/m1/s1. The zero-order chi connectivity index (χ0) is 20.8. The lowest BCUT2D eigenvalue weighted by molar-refractivity contribution is -0.151. The van der Waals surface area contributed by atoms with Gasteiger partial charge in [0.05, 0.1) is 24.7 Å². The fourth-order valence-electron chi connectivity index (χ4n) is 3.13. The highest BCUT2D eigenvalue weighted by atomic mass is 16.5. The summed E-state index contributed by atoms with van der Waals surface area (Å²) in [5, 5.41) is 6.04. The summed E-state index contributed by atoms with van der Waals surface area (Å²) in [5.41, 5.74) is -0.371. The van der Waals surface area contributed by atoms with Crippen LogP contribution in [0.4, 0.5) is 0 Å². The van der Waals surface area contributed by atoms with Crippen LogP contribution in [-0.2, 0) is 28.6 Å². The molecule has 1 aliphatic rings. The first-order chi connectivity index (χ1) is 12.5. The predicted octanol–water partition coefficient (Wildman–Crippen LogP) is 1.03. The SMILES string of the molecule is COC(=O)[C@@H](NC(=O)[C@H](COC(C)=O)[C@H]1NCC[C@@H]1OC(C)(C)C)C(C)C. The molecular weight excluding hydrogens is 352 g/mol. The maximum Gasteiger partial charge on any atom is 0.328 e. The third-order valence-corrected chi connectivity index (χ3v) is 4.37. The molecule has 1 saturated heterocycles. The van der Waals surface area contributed by atoms with E-state index < -0.39 is 23.9 Å². The van der Waals surface area contributed by atoms with Crippen molar-refractivity contribution in [3.05, 3.63) is 0 Å². The molecule has 0 radical (unpaired) electrons. The first kappa shape index (κ1) is 23.4. The van der Waals surface area contributed by atoms with Crippen molar-refractivity contribution < 1.29 is 28.6 Å². The Labute approximate surface area is 161 Å². The van der Waals surface area contributed by atoms with Gasteiger partial charge < -0.3 is 24.8 Å². The van der Waals surface area contributed by atoms with E-state index in [1.165, 1.54) is 14.0 Å². The number of hydrogen-bond acceptors (Lipinski definition) is 7. The molecule has 27 heavy (non-hydrogen) atoms. The van der Waals surface area contributed by atoms with Crippen LogP contribution in [0.5, 0.6) is 0 Å². The highest BCUT2D eigenvalue weighted by Gasteiger charge is 2.41. The lowest BCUT2D eigenvalue weighted by Gasteiger charge is -2.33. The largest absolute Gasteiger partial charge is 0.467 e. The minimum absolute atomic E-state index is 0.0885. The molecule has 0 spiro atoms. The van der Waals surface area contributed by atoms with Crippen LogP contribution in [0.3, 0.4) is 0 Å². The molecule has 1 fully saturated rings. The van der Waals surface area contributed by atoms with Crippen molar-refractivity contribution in [3.8, 4) is 0 Å². The van der Waals surface area contributed by atoms with Gasteiger partial charge in [-0.05, 0) is 39.7 Å². The van der Waals surface area contributed by atoms with Crippen molar-refractivity contribution >= 4 is 17.8 Å². The number of esters is 2. The molecule has 1 rings (SSSR count). The third-order valence-electron chi connectivity index (χ3n) is 4.37. The first-order valence-corrected chi connectivity index (χ1v) is 9.39. The van der Waals surface area contributed by atoms with Gasteiger partial charge in [0.2, 0.25) is 5.91 Å². The summed E-state index contributed by atoms with van der Waals surface area (Å²) >= 11 is 0. The van der Waals surface area contributed by atoms with Gasteiger partial charge in [-0.15, -0.1) is 0 Å². The molecular formula is C19H34N2O6. The molecule has 1 heterocycles. The van der Waals surface area contributed by atoms with E-state index in [1.807, 2.05) is 34.6 Å². The van der Waals surface area contributed by atoms with Gasteiger partial charge in [-0.2, -0.15) is 0 Å². The van der Waals surface area contributed by atoms with Crippen LogP contribution in [0.25, 0.3) is 0 Å². The number of methoxy groups -OCH3 is 1. The number of ether oxygens (including phenoxy) is 3. The van der Waals surface area contributed by atoms with Crippen molar-refractivity contribution in [2.45, 2.75) is 71.8 Å². The van der Waals surface area contributed by atoms with E-state index in [0.717, 1.165) is 6.42 Å². The summed E-state index contributed by atoms with van der Waals surface area (Å²) in [6.07, 6.45) is 0.545. The van der Waals surface area contributed by atoms with Crippen LogP contribution >= 0.6 is 0 Å². The first-order valence-electron chi connectivity index (χ1n) is 9.39. The minimum Gasteiger partial charge on any atom is -0.467 e. The smallest absolute Gasteiger partial charge is 0.328 e. The molecule has 8 nitrogen and oxygen atoms in total. The molecule has 156 valence electrons. The monoisotopic (exact) mass is 386 g/mol. The van der Waals surface area contributed by atoms with Crippen LogP contribution in [0, 0.1) is 11.8 Å². The molecule has 0 aromatic heterocycles. The summed E-state index contributed by atoms with van der Waals surface area (Å²) in [6.45, 7) is 11.4. The Kier molecular flexibility index (Phi) is 8.68. The van der Waals surface area contributed by atoms with E-state index in [1.54, 1.807) is 0 Å². The van der Waals surface area contributed by atoms with Gasteiger partial charge in [0.15, 0.2) is 0 Å². The number of carbonyl (C=O) groups excluding carboxylic acids is 3. The Morgan fingerprint density at radius 2 is 1.85 bits per heavy atom. The average Bonchev–Trinajstić information content (AvgIpc) is 2.97. The van der Waals surface area contributed by atoms with E-state index in [0.29, 0.717) is 6.54 Å². The Balaban J connectivity index is 2.99. The van der Waals surface area contributed by atoms with Crippen molar-refractivity contribution in [1.82, 2.24) is 10.6 Å². The van der Waals surface area contributed by atoms with Crippen LogP contribution < -0.4 is 10.6 Å². The predicted molar refractivity (Wildman–Crippen MR) is 99.9 cm³/mol. The summed E-state index contributed by atoms with van der Waals surface area (Å²) < 4.78 is 16.0. The lowest BCUT2D eigenvalue weighted by Crippen LogP contribution is -2.54. The summed E-state index contributed by atoms with van der Waals surface area (Å²) in [4.78, 5) is 36.3. The molecule has 4 atom stereocenters. The second-order valence-corrected chi connectivity index (χ2v) is 8.20. The normalized spacial score (nSPS) is 22.2. The zero-order valence-corrected chi connectivity index (χ0v) is 17.5. The van der Waals surface area contributed by atoms with Gasteiger partial charge in [-0.25, -0.2) is 4.79 Å². The highest BCUT2D eigenvalue weighted by molar-refractivity contribution is 5.86. The second kappa shape index (κ2) is 10.0. The quantitative estimate of drug-likeness (QED) is 0.601. The molecule has 0 unspecified atom stereocenters. The van der Waals surface area contributed by atoms with E-state index in [9.17, 15) is 14.4 Å². The molecule has 0 aromatic carbocycles. The van der Waals surface area contributed by atoms with Crippen molar-refractivity contribution in [3.63, 3.8) is 0 Å². The van der Waals surface area contributed by atoms with E-state index >= 15 is 0 Å². The maximum atomic E-state index is 13.0. The van der Waals surface area contributed by atoms with E-state index in [-0.39, 0.29) is 36.2 Å². The Morgan fingerprint density at radius 3 is 2.33 bits per heavy atom. The van der Waals surface area contributed by atoms with Crippen LogP contribution in [0.1, 0.15) is 48.0 Å². The molecule has 0 saturated carbocycles. The fraction of sp³-hybridized carbons (Fsp3) is 0.842. The number of hydrogen-bond donors (Lipinski definition) is 2. The second-order valence-electron chi connectivity index (χ2n) is 8.20. The highest BCUT2D eigenvalue weighted by Crippen LogP contribution is 2.25. The molecule has 0 bridgehead atoms. The molecule has 1 aliphatic heterocycles. The number of amides is 1. The van der Waals surface area contributed by atoms with Crippen molar-refractivity contribution in [2.75, 3.05) is 20.3 Å². The van der Waals surface area contributed by atoms with Crippen molar-refractivity contribution in [1.29, 1.82) is 0 Å². The molecule has 0 aliphatic carbocycles. The van der Waals surface area contributed by atoms with Gasteiger partial charge in [0.1, 0.15) is 12.6 Å². The Bertz CT molecular complexity index is 529. The average molecular weight is 386 g/mol. The summed E-state index contributed by atoms with van der Waals surface area (Å²) in [5.74, 6) is -2.18. The summed E-state index contributed by atoms with van der Waals surface area (Å²) in [7, 11) is 1.28. The zero-order valence-electron chi connectivity index (χ0n) is 17.5. The van der Waals surface area contributed by atoms with Gasteiger partial charge >= 0.3 is 11.9 Å². The number of nitrogens with one attached hydrogen (secondary N) is 2. The van der Waals surface area contributed by atoms with Gasteiger partial charge in [-0.1, -0.05) is 13.8 Å². The van der Waals surface area contributed by atoms with Crippen LogP contribution in [0.2, 0.25) is 0 Å². The maximum absolute atomic E-state index is 13.0. The lowest BCUT2D eigenvalue weighted by atomic mass is 9.94. The third kappa shape index (κ3) is 7.46. The van der Waals surface area contributed by atoms with Gasteiger partial charge in [-0.3, -0.25) is 9.59 Å². The van der Waals surface area contributed by atoms with Gasteiger partial charge in [0, 0.05) is 13.0 Å². The van der Waals surface area contributed by atoms with E-state index in [4.69, 9.17) is 14.2 Å². The minimum atomic E-state index is -0.772. The fourth-order valence-corrected chi connectivity index (χ4v) is 3.13. The van der Waals surface area contributed by atoms with Crippen molar-refractivity contribution in [2.24, 2.45) is 11.8 Å². The Morgan fingerprint density at radius 1 is 1.22 bits per heavy atom. The number of rotatable bonds is 8. The van der Waals surface area contributed by atoms with E-state index in [2.05, 4.69) is 10.6 Å². The molecule has 0 aromatic rings. The van der Waals surface area contributed by atoms with Crippen LogP contribution in [-0.4, -0.2) is 61.9 Å². The number of carbonyl (C=O) groups is 3. The topological polar surface area (TPSA) is 103 Å². The summed E-state index contributed by atoms with van der Waals surface area (Å²) in [6, 6.07) is -1.10. The molecule has 2 N–H and O–H groups in total. The molecule has 1 amide bonds. The Hall–Kier alpha value is -1.67. The molecule has 8 heteroatoms. The van der Waals surface area contributed by atoms with Gasteiger partial charge in [0.25, 0.3) is 0 Å².